The van der Waals surface area contributed by atoms with Gasteiger partial charge in [0, 0.05) is 10.7 Å². The van der Waals surface area contributed by atoms with Crippen molar-refractivity contribution in [3.05, 3.63) is 23.8 Å². The van der Waals surface area contributed by atoms with Crippen LogP contribution < -0.4 is 9.47 Å². The van der Waals surface area contributed by atoms with Gasteiger partial charge in [0.2, 0.25) is 9.05 Å². The number of ether oxygens (including phenoxy) is 2. The maximum absolute atomic E-state index is 11.0. The second kappa shape index (κ2) is 4.72. The molecule has 1 rings (SSSR count). The average Bonchev–Trinajstić information content (AvgIpc) is 2.16. The van der Waals surface area contributed by atoms with Crippen molar-refractivity contribution in [2.75, 3.05) is 14.2 Å². The summed E-state index contributed by atoms with van der Waals surface area (Å²) in [4.78, 5) is 0. The maximum atomic E-state index is 11.0. The van der Waals surface area contributed by atoms with E-state index in [0.717, 1.165) is 0 Å². The van der Waals surface area contributed by atoms with Gasteiger partial charge in [-0.3, -0.25) is 0 Å². The van der Waals surface area contributed by atoms with Crippen LogP contribution in [0.5, 0.6) is 11.5 Å². The van der Waals surface area contributed by atoms with Crippen molar-refractivity contribution in [1.29, 1.82) is 0 Å². The molecule has 0 aliphatic carbocycles. The molecule has 0 radical (unpaired) electrons. The SMILES string of the molecule is COc1cccc(OC)c1CS(=O)(=O)Cl. The molecule has 4 nitrogen and oxygen atoms in total. The summed E-state index contributed by atoms with van der Waals surface area (Å²) < 4.78 is 32.0. The maximum Gasteiger partial charge on any atom is 0.237 e. The highest BCUT2D eigenvalue weighted by molar-refractivity contribution is 8.13. The van der Waals surface area contributed by atoms with Crippen LogP contribution in [0, 0.1) is 0 Å². The van der Waals surface area contributed by atoms with E-state index >= 15 is 0 Å². The number of benzene rings is 1. The van der Waals surface area contributed by atoms with E-state index in [4.69, 9.17) is 20.2 Å². The minimum Gasteiger partial charge on any atom is -0.496 e. The van der Waals surface area contributed by atoms with Gasteiger partial charge in [-0.1, -0.05) is 6.07 Å². The lowest BCUT2D eigenvalue weighted by Crippen LogP contribution is -2.01. The molecule has 0 aliphatic heterocycles. The molecule has 0 bridgehead atoms. The molecule has 0 N–H and O–H groups in total. The number of hydrogen-bond donors (Lipinski definition) is 0. The fraction of sp³-hybridized carbons (Fsp3) is 0.333. The van der Waals surface area contributed by atoms with Crippen LogP contribution in [0.1, 0.15) is 5.56 Å². The second-order valence-electron chi connectivity index (χ2n) is 2.82. The van der Waals surface area contributed by atoms with E-state index in [0.29, 0.717) is 17.1 Å². The zero-order chi connectivity index (χ0) is 11.5. The molecule has 0 saturated heterocycles. The Hall–Kier alpha value is -0.940. The third kappa shape index (κ3) is 3.28. The van der Waals surface area contributed by atoms with Crippen molar-refractivity contribution >= 4 is 19.7 Å². The highest BCUT2D eigenvalue weighted by Gasteiger charge is 2.16. The first-order chi connectivity index (χ1) is 6.98. The summed E-state index contributed by atoms with van der Waals surface area (Å²) >= 11 is 0. The van der Waals surface area contributed by atoms with Crippen LogP contribution in [0.25, 0.3) is 0 Å². The topological polar surface area (TPSA) is 52.6 Å². The lowest BCUT2D eigenvalue weighted by atomic mass is 10.2. The van der Waals surface area contributed by atoms with E-state index in [1.54, 1.807) is 18.2 Å². The monoisotopic (exact) mass is 250 g/mol. The molecule has 1 aromatic carbocycles. The van der Waals surface area contributed by atoms with Gasteiger partial charge in [0.1, 0.15) is 11.5 Å². The standard InChI is InChI=1S/C9H11ClO4S/c1-13-8-4-3-5-9(14-2)7(8)6-15(10,11)12/h3-5H,6H2,1-2H3. The third-order valence-corrected chi connectivity index (χ3v) is 2.81. The largest absolute Gasteiger partial charge is 0.496 e. The molecule has 0 spiro atoms. The molecule has 0 aliphatic rings. The molecule has 6 heteroatoms. The molecule has 0 aromatic heterocycles. The molecule has 0 atom stereocenters. The van der Waals surface area contributed by atoms with Gasteiger partial charge in [-0.2, -0.15) is 0 Å². The van der Waals surface area contributed by atoms with E-state index < -0.39 is 9.05 Å². The fourth-order valence-electron chi connectivity index (χ4n) is 1.24. The van der Waals surface area contributed by atoms with Crippen LogP contribution in [0.3, 0.4) is 0 Å². The van der Waals surface area contributed by atoms with Gasteiger partial charge in [-0.15, -0.1) is 0 Å². The summed E-state index contributed by atoms with van der Waals surface area (Å²) in [5, 5.41) is 0. The lowest BCUT2D eigenvalue weighted by Gasteiger charge is -2.11. The first-order valence-corrected chi connectivity index (χ1v) is 6.58. The van der Waals surface area contributed by atoms with Gasteiger partial charge >= 0.3 is 0 Å². The summed E-state index contributed by atoms with van der Waals surface area (Å²) in [6, 6.07) is 5.02. The summed E-state index contributed by atoms with van der Waals surface area (Å²) in [7, 11) is 4.47. The van der Waals surface area contributed by atoms with E-state index in [9.17, 15) is 8.42 Å². The summed E-state index contributed by atoms with van der Waals surface area (Å²) in [6.45, 7) is 0. The van der Waals surface area contributed by atoms with Crippen LogP contribution in [-0.4, -0.2) is 22.6 Å². The van der Waals surface area contributed by atoms with E-state index in [-0.39, 0.29) is 5.75 Å². The summed E-state index contributed by atoms with van der Waals surface area (Å²) in [6.07, 6.45) is 0. The van der Waals surface area contributed by atoms with E-state index in [1.807, 2.05) is 0 Å². The van der Waals surface area contributed by atoms with Crippen LogP contribution >= 0.6 is 10.7 Å². The van der Waals surface area contributed by atoms with Crippen molar-refractivity contribution in [1.82, 2.24) is 0 Å². The van der Waals surface area contributed by atoms with Crippen LogP contribution in [0.15, 0.2) is 18.2 Å². The normalized spacial score (nSPS) is 11.1. The molecular weight excluding hydrogens is 240 g/mol. The molecule has 0 fully saturated rings. The number of hydrogen-bond acceptors (Lipinski definition) is 4. The highest BCUT2D eigenvalue weighted by Crippen LogP contribution is 2.30. The minimum atomic E-state index is -3.63. The van der Waals surface area contributed by atoms with Crippen molar-refractivity contribution in [3.8, 4) is 11.5 Å². The molecule has 0 amide bonds. The average molecular weight is 251 g/mol. The number of halogens is 1. The van der Waals surface area contributed by atoms with Gasteiger partial charge in [-0.05, 0) is 12.1 Å². The number of rotatable bonds is 4. The Morgan fingerprint density at radius 3 is 2.00 bits per heavy atom. The minimum absolute atomic E-state index is 0.318. The summed E-state index contributed by atoms with van der Waals surface area (Å²) in [5.74, 6) is 0.569. The van der Waals surface area contributed by atoms with Gasteiger partial charge in [0.05, 0.1) is 25.5 Å². The third-order valence-electron chi connectivity index (χ3n) is 1.85. The van der Waals surface area contributed by atoms with Gasteiger partial charge in [0.15, 0.2) is 0 Å². The Labute approximate surface area is 93.2 Å². The Morgan fingerprint density at radius 1 is 1.20 bits per heavy atom. The van der Waals surface area contributed by atoms with Crippen LogP contribution in [0.2, 0.25) is 0 Å². The van der Waals surface area contributed by atoms with Crippen molar-refractivity contribution in [2.45, 2.75) is 5.75 Å². The zero-order valence-corrected chi connectivity index (χ0v) is 9.93. The molecule has 15 heavy (non-hydrogen) atoms. The van der Waals surface area contributed by atoms with E-state index in [1.165, 1.54) is 14.2 Å². The fourth-order valence-corrected chi connectivity index (χ4v) is 2.20. The Balaban J connectivity index is 3.22. The highest BCUT2D eigenvalue weighted by atomic mass is 35.7. The molecule has 0 unspecified atom stereocenters. The number of methoxy groups -OCH3 is 2. The summed E-state index contributed by atoms with van der Waals surface area (Å²) in [5.41, 5.74) is 0.428. The van der Waals surface area contributed by atoms with Crippen molar-refractivity contribution in [2.24, 2.45) is 0 Å². The first-order valence-electron chi connectivity index (χ1n) is 4.10. The molecule has 1 aromatic rings. The van der Waals surface area contributed by atoms with Gasteiger partial charge in [0.25, 0.3) is 0 Å². The van der Waals surface area contributed by atoms with Gasteiger partial charge in [-0.25, -0.2) is 8.42 Å². The quantitative estimate of drug-likeness (QED) is 0.765. The van der Waals surface area contributed by atoms with Crippen LogP contribution in [0.4, 0.5) is 0 Å². The van der Waals surface area contributed by atoms with Crippen molar-refractivity contribution < 1.29 is 17.9 Å². The predicted molar refractivity (Wildman–Crippen MR) is 58.0 cm³/mol. The van der Waals surface area contributed by atoms with E-state index in [2.05, 4.69) is 0 Å². The molecule has 0 heterocycles. The second-order valence-corrected chi connectivity index (χ2v) is 5.60. The molecule has 84 valence electrons. The molecule has 0 saturated carbocycles. The predicted octanol–water partition coefficient (Wildman–Crippen LogP) is 1.77. The Morgan fingerprint density at radius 2 is 1.67 bits per heavy atom. The Bertz CT molecular complexity index is 419. The molecular formula is C9H11ClO4S. The Kier molecular flexibility index (Phi) is 3.82. The van der Waals surface area contributed by atoms with Crippen LogP contribution in [-0.2, 0) is 14.8 Å². The zero-order valence-electron chi connectivity index (χ0n) is 8.36. The van der Waals surface area contributed by atoms with Gasteiger partial charge < -0.3 is 9.47 Å². The first kappa shape index (κ1) is 12.1. The van der Waals surface area contributed by atoms with Crippen molar-refractivity contribution in [3.63, 3.8) is 0 Å². The lowest BCUT2D eigenvalue weighted by molar-refractivity contribution is 0.387. The smallest absolute Gasteiger partial charge is 0.237 e.